The van der Waals surface area contributed by atoms with E-state index in [1.807, 2.05) is 5.38 Å². The van der Waals surface area contributed by atoms with Crippen LogP contribution in [0.5, 0.6) is 0 Å². The smallest absolute Gasteiger partial charge is 0.254 e. The first kappa shape index (κ1) is 15.0. The zero-order valence-corrected chi connectivity index (χ0v) is 12.3. The molecule has 2 N–H and O–H groups in total. The van der Waals surface area contributed by atoms with Crippen LogP contribution in [-0.4, -0.2) is 17.6 Å². The standard InChI is InChI=1S/C14H13ClFNO2S/c1-14(19,9-4-5-20-7-9)8-17-13(18)11-6-10(15)2-3-12(11)16/h2-7,19H,8H2,1H3,(H,17,18). The third-order valence-electron chi connectivity index (χ3n) is 2.91. The molecule has 0 aliphatic carbocycles. The zero-order valence-electron chi connectivity index (χ0n) is 10.7. The maximum absolute atomic E-state index is 13.5. The van der Waals surface area contributed by atoms with Crippen LogP contribution in [0.2, 0.25) is 5.02 Å². The summed E-state index contributed by atoms with van der Waals surface area (Å²) < 4.78 is 13.5. The number of hydrogen-bond acceptors (Lipinski definition) is 3. The van der Waals surface area contributed by atoms with Crippen LogP contribution in [0.15, 0.2) is 35.0 Å². The molecular formula is C14H13ClFNO2S. The first-order valence-electron chi connectivity index (χ1n) is 5.88. The third-order valence-corrected chi connectivity index (χ3v) is 3.83. The van der Waals surface area contributed by atoms with Crippen molar-refractivity contribution >= 4 is 28.8 Å². The molecule has 0 radical (unpaired) electrons. The summed E-state index contributed by atoms with van der Waals surface area (Å²) in [5, 5.41) is 16.7. The molecule has 0 spiro atoms. The van der Waals surface area contributed by atoms with Gasteiger partial charge in [-0.25, -0.2) is 4.39 Å². The fourth-order valence-corrected chi connectivity index (χ4v) is 2.65. The summed E-state index contributed by atoms with van der Waals surface area (Å²) >= 11 is 7.19. The molecule has 6 heteroatoms. The Morgan fingerprint density at radius 1 is 1.50 bits per heavy atom. The Bertz CT molecular complexity index is 614. The molecule has 0 aliphatic heterocycles. The lowest BCUT2D eigenvalue weighted by molar-refractivity contribution is 0.0529. The molecule has 106 valence electrons. The molecule has 20 heavy (non-hydrogen) atoms. The van der Waals surface area contributed by atoms with Crippen molar-refractivity contribution in [1.82, 2.24) is 5.32 Å². The molecule has 1 amide bonds. The highest BCUT2D eigenvalue weighted by Crippen LogP contribution is 2.22. The fourth-order valence-electron chi connectivity index (χ4n) is 1.69. The molecule has 0 fully saturated rings. The van der Waals surface area contributed by atoms with Crippen molar-refractivity contribution in [3.05, 3.63) is 57.0 Å². The second kappa shape index (κ2) is 5.91. The number of halogens is 2. The second-order valence-corrected chi connectivity index (χ2v) is 5.81. The van der Waals surface area contributed by atoms with Crippen molar-refractivity contribution in [3.8, 4) is 0 Å². The van der Waals surface area contributed by atoms with E-state index in [9.17, 15) is 14.3 Å². The maximum atomic E-state index is 13.5. The van der Waals surface area contributed by atoms with Gasteiger partial charge >= 0.3 is 0 Å². The lowest BCUT2D eigenvalue weighted by atomic mass is 9.99. The van der Waals surface area contributed by atoms with Gasteiger partial charge in [0.05, 0.1) is 12.1 Å². The quantitative estimate of drug-likeness (QED) is 0.911. The molecule has 1 aromatic heterocycles. The Hall–Kier alpha value is -1.43. The summed E-state index contributed by atoms with van der Waals surface area (Å²) in [4.78, 5) is 11.9. The minimum Gasteiger partial charge on any atom is -0.384 e. The van der Waals surface area contributed by atoms with Crippen LogP contribution in [0.4, 0.5) is 4.39 Å². The van der Waals surface area contributed by atoms with Gasteiger partial charge in [-0.15, -0.1) is 0 Å². The Kier molecular flexibility index (Phi) is 4.42. The van der Waals surface area contributed by atoms with Gasteiger partial charge in [0.25, 0.3) is 5.91 Å². The average Bonchev–Trinajstić information content (AvgIpc) is 2.93. The fraction of sp³-hybridized carbons (Fsp3) is 0.214. The predicted molar refractivity (Wildman–Crippen MR) is 77.6 cm³/mol. The second-order valence-electron chi connectivity index (χ2n) is 4.59. The number of hydrogen-bond donors (Lipinski definition) is 2. The van der Waals surface area contributed by atoms with E-state index in [1.54, 1.807) is 18.4 Å². The first-order chi connectivity index (χ1) is 9.40. The summed E-state index contributed by atoms with van der Waals surface area (Å²) in [6.07, 6.45) is 0. The molecular weight excluding hydrogens is 301 g/mol. The number of amides is 1. The van der Waals surface area contributed by atoms with Gasteiger partial charge < -0.3 is 10.4 Å². The third kappa shape index (κ3) is 3.36. The number of carbonyl (C=O) groups excluding carboxylic acids is 1. The monoisotopic (exact) mass is 313 g/mol. The van der Waals surface area contributed by atoms with E-state index >= 15 is 0 Å². The Morgan fingerprint density at radius 2 is 2.25 bits per heavy atom. The Balaban J connectivity index is 2.07. The predicted octanol–water partition coefficient (Wildman–Crippen LogP) is 3.18. The van der Waals surface area contributed by atoms with E-state index in [2.05, 4.69) is 5.32 Å². The van der Waals surface area contributed by atoms with Gasteiger partial charge in [-0.3, -0.25) is 4.79 Å². The van der Waals surface area contributed by atoms with Crippen LogP contribution in [0.3, 0.4) is 0 Å². The Morgan fingerprint density at radius 3 is 2.90 bits per heavy atom. The summed E-state index contributed by atoms with van der Waals surface area (Å²) in [6, 6.07) is 5.53. The van der Waals surface area contributed by atoms with E-state index < -0.39 is 17.3 Å². The summed E-state index contributed by atoms with van der Waals surface area (Å²) in [6.45, 7) is 1.57. The van der Waals surface area contributed by atoms with Crippen LogP contribution in [0.25, 0.3) is 0 Å². The summed E-state index contributed by atoms with van der Waals surface area (Å²) in [5.41, 5.74) is -0.641. The number of rotatable bonds is 4. The topological polar surface area (TPSA) is 49.3 Å². The van der Waals surface area contributed by atoms with Gasteiger partial charge in [-0.2, -0.15) is 11.3 Å². The van der Waals surface area contributed by atoms with Crippen LogP contribution >= 0.6 is 22.9 Å². The highest BCUT2D eigenvalue weighted by Gasteiger charge is 2.25. The maximum Gasteiger partial charge on any atom is 0.254 e. The van der Waals surface area contributed by atoms with E-state index in [1.165, 1.54) is 23.5 Å². The van der Waals surface area contributed by atoms with Crippen molar-refractivity contribution in [3.63, 3.8) is 0 Å². The molecule has 2 aromatic rings. The number of carbonyl (C=O) groups is 1. The largest absolute Gasteiger partial charge is 0.384 e. The van der Waals surface area contributed by atoms with Crippen LogP contribution in [0.1, 0.15) is 22.8 Å². The molecule has 1 unspecified atom stereocenters. The van der Waals surface area contributed by atoms with Gasteiger partial charge in [0.2, 0.25) is 0 Å². The van der Waals surface area contributed by atoms with Gasteiger partial charge in [-0.1, -0.05) is 11.6 Å². The van der Waals surface area contributed by atoms with E-state index in [0.717, 1.165) is 6.07 Å². The highest BCUT2D eigenvalue weighted by molar-refractivity contribution is 7.08. The van der Waals surface area contributed by atoms with Gasteiger partial charge in [0, 0.05) is 5.02 Å². The van der Waals surface area contributed by atoms with E-state index in [4.69, 9.17) is 11.6 Å². The molecule has 1 atom stereocenters. The molecule has 1 aromatic carbocycles. The zero-order chi connectivity index (χ0) is 14.8. The molecule has 3 nitrogen and oxygen atoms in total. The van der Waals surface area contributed by atoms with Crippen molar-refractivity contribution in [1.29, 1.82) is 0 Å². The SMILES string of the molecule is CC(O)(CNC(=O)c1cc(Cl)ccc1F)c1ccsc1. The molecule has 2 rings (SSSR count). The van der Waals surface area contributed by atoms with Crippen molar-refractivity contribution in [2.24, 2.45) is 0 Å². The molecule has 0 bridgehead atoms. The number of nitrogens with one attached hydrogen (secondary N) is 1. The van der Waals surface area contributed by atoms with Crippen LogP contribution in [-0.2, 0) is 5.60 Å². The van der Waals surface area contributed by atoms with Gasteiger partial charge in [0.15, 0.2) is 0 Å². The minimum atomic E-state index is -1.20. The van der Waals surface area contributed by atoms with E-state index in [-0.39, 0.29) is 17.1 Å². The first-order valence-corrected chi connectivity index (χ1v) is 7.20. The summed E-state index contributed by atoms with van der Waals surface area (Å²) in [7, 11) is 0. The molecule has 1 heterocycles. The lowest BCUT2D eigenvalue weighted by Crippen LogP contribution is -2.38. The minimum absolute atomic E-state index is 0.0193. The Labute approximate surface area is 125 Å². The number of aliphatic hydroxyl groups is 1. The van der Waals surface area contributed by atoms with Crippen molar-refractivity contribution < 1.29 is 14.3 Å². The number of benzene rings is 1. The normalized spacial score (nSPS) is 13.8. The molecule has 0 saturated heterocycles. The molecule has 0 saturated carbocycles. The van der Waals surface area contributed by atoms with Gasteiger partial charge in [-0.05, 0) is 47.5 Å². The summed E-state index contributed by atoms with van der Waals surface area (Å²) in [5.74, 6) is -1.26. The lowest BCUT2D eigenvalue weighted by Gasteiger charge is -2.22. The van der Waals surface area contributed by atoms with Crippen LogP contribution < -0.4 is 5.32 Å². The highest BCUT2D eigenvalue weighted by atomic mass is 35.5. The van der Waals surface area contributed by atoms with Crippen molar-refractivity contribution in [2.45, 2.75) is 12.5 Å². The van der Waals surface area contributed by atoms with Crippen LogP contribution in [0, 0.1) is 5.82 Å². The van der Waals surface area contributed by atoms with Gasteiger partial charge in [0.1, 0.15) is 11.4 Å². The van der Waals surface area contributed by atoms with Crippen molar-refractivity contribution in [2.75, 3.05) is 6.54 Å². The van der Waals surface area contributed by atoms with E-state index in [0.29, 0.717) is 5.56 Å². The number of thiophene rings is 1. The molecule has 0 aliphatic rings. The average molecular weight is 314 g/mol.